The highest BCUT2D eigenvalue weighted by Crippen LogP contribution is 2.03. The van der Waals surface area contributed by atoms with Crippen LogP contribution in [0.5, 0.6) is 0 Å². The van der Waals surface area contributed by atoms with Crippen molar-refractivity contribution in [2.75, 3.05) is 11.5 Å². The van der Waals surface area contributed by atoms with Gasteiger partial charge in [-0.2, -0.15) is 0 Å². The summed E-state index contributed by atoms with van der Waals surface area (Å²) in [6.45, 7) is 0. The molecule has 0 spiro atoms. The van der Waals surface area contributed by atoms with Gasteiger partial charge in [0.2, 0.25) is 20.0 Å². The summed E-state index contributed by atoms with van der Waals surface area (Å²) in [5, 5.41) is 0. The maximum Gasteiger partial charge on any atom is 0.342 e. The number of nitrogens with one attached hydrogen (secondary N) is 2. The van der Waals surface area contributed by atoms with Crippen LogP contribution in [0.15, 0.2) is 60.7 Å². The summed E-state index contributed by atoms with van der Waals surface area (Å²) in [5.74, 6) is -0.650. The first-order valence-electron chi connectivity index (χ1n) is 7.88. The third kappa shape index (κ3) is 7.24. The monoisotopic (exact) mass is 396 g/mol. The molecule has 2 aromatic rings. The largest absolute Gasteiger partial charge is 0.342 e. The first-order valence-corrected chi connectivity index (χ1v) is 11.2. The van der Waals surface area contributed by atoms with Gasteiger partial charge in [-0.15, -0.1) is 0 Å². The maximum absolute atomic E-state index is 11.9. The molecular weight excluding hydrogens is 376 g/mol. The van der Waals surface area contributed by atoms with Gasteiger partial charge < -0.3 is 0 Å². The molecule has 0 bridgehead atoms. The molecule has 0 aliphatic heterocycles. The van der Waals surface area contributed by atoms with Crippen LogP contribution < -0.4 is 9.44 Å². The molecule has 0 heterocycles. The Bertz CT molecular complexity index is 850. The van der Waals surface area contributed by atoms with Gasteiger partial charge >= 0.3 is 6.03 Å². The highest BCUT2D eigenvalue weighted by molar-refractivity contribution is 7.91. The normalized spacial score (nSPS) is 11.7. The van der Waals surface area contributed by atoms with Crippen molar-refractivity contribution in [1.29, 1.82) is 0 Å². The zero-order valence-electron chi connectivity index (χ0n) is 14.0. The van der Waals surface area contributed by atoms with E-state index in [0.29, 0.717) is 0 Å². The Balaban J connectivity index is 1.84. The lowest BCUT2D eigenvalue weighted by molar-refractivity contribution is 0.250. The van der Waals surface area contributed by atoms with Gasteiger partial charge in [-0.05, 0) is 24.0 Å². The van der Waals surface area contributed by atoms with Crippen LogP contribution in [-0.4, -0.2) is 34.4 Å². The Hall–Kier alpha value is -2.39. The third-order valence-corrected chi connectivity index (χ3v) is 5.98. The molecule has 7 nitrogen and oxygen atoms in total. The second-order valence-electron chi connectivity index (χ2n) is 5.64. The Kier molecular flexibility index (Phi) is 6.76. The fourth-order valence-corrected chi connectivity index (χ4v) is 4.14. The average molecular weight is 396 g/mol. The summed E-state index contributed by atoms with van der Waals surface area (Å²) in [4.78, 5) is 11.7. The smallest absolute Gasteiger partial charge is 0.247 e. The van der Waals surface area contributed by atoms with Crippen molar-refractivity contribution >= 4 is 26.1 Å². The topological polar surface area (TPSA) is 109 Å². The van der Waals surface area contributed by atoms with Crippen LogP contribution >= 0.6 is 0 Å². The molecule has 0 aliphatic carbocycles. The predicted octanol–water partition coefficient (Wildman–Crippen LogP) is 1.43. The number of amides is 2. The summed E-state index contributed by atoms with van der Waals surface area (Å²) in [5.41, 5.74) is 1.60. The molecule has 0 unspecified atom stereocenters. The molecule has 9 heteroatoms. The van der Waals surface area contributed by atoms with Crippen LogP contribution in [0.4, 0.5) is 4.79 Å². The van der Waals surface area contributed by atoms with Crippen molar-refractivity contribution in [2.24, 2.45) is 0 Å². The highest BCUT2D eigenvalue weighted by atomic mass is 32.2. The minimum Gasteiger partial charge on any atom is -0.247 e. The molecule has 0 saturated heterocycles. The molecule has 140 valence electrons. The van der Waals surface area contributed by atoms with E-state index in [9.17, 15) is 21.6 Å². The number of sulfonamides is 2. The van der Waals surface area contributed by atoms with Crippen LogP contribution in [0.25, 0.3) is 0 Å². The van der Waals surface area contributed by atoms with Gasteiger partial charge in [0.1, 0.15) is 0 Å². The van der Waals surface area contributed by atoms with E-state index in [-0.39, 0.29) is 24.3 Å². The van der Waals surface area contributed by atoms with Crippen LogP contribution in [0.2, 0.25) is 0 Å². The Morgan fingerprint density at radius 2 is 1.00 bits per heavy atom. The summed E-state index contributed by atoms with van der Waals surface area (Å²) in [6, 6.07) is 16.5. The zero-order chi connectivity index (χ0) is 19.0. The van der Waals surface area contributed by atoms with Crippen LogP contribution in [0, 0.1) is 0 Å². The molecule has 0 radical (unpaired) electrons. The van der Waals surface area contributed by atoms with Crippen molar-refractivity contribution < 1.29 is 21.6 Å². The first kappa shape index (κ1) is 19.9. The lowest BCUT2D eigenvalue weighted by Gasteiger charge is -2.09. The molecule has 0 fully saturated rings. The number of benzene rings is 2. The molecule has 26 heavy (non-hydrogen) atoms. The van der Waals surface area contributed by atoms with E-state index in [4.69, 9.17) is 0 Å². The standard InChI is InChI=1S/C17H20N2O5S2/c20-17(18-25(21,22)13-11-15-7-3-1-4-8-15)19-26(23,24)14-12-16-9-5-2-6-10-16/h1-10H,11-14H2,(H2,18,19,20). The van der Waals surface area contributed by atoms with Gasteiger partial charge in [0.25, 0.3) is 0 Å². The van der Waals surface area contributed by atoms with E-state index in [1.807, 2.05) is 12.1 Å². The third-order valence-electron chi connectivity index (χ3n) is 3.50. The minimum atomic E-state index is -3.94. The van der Waals surface area contributed by atoms with E-state index in [0.717, 1.165) is 11.1 Å². The lowest BCUT2D eigenvalue weighted by atomic mass is 10.2. The Labute approximate surface area is 153 Å². The molecule has 2 N–H and O–H groups in total. The van der Waals surface area contributed by atoms with Crippen LogP contribution in [0.1, 0.15) is 11.1 Å². The summed E-state index contributed by atoms with van der Waals surface area (Å²) < 4.78 is 51.1. The lowest BCUT2D eigenvalue weighted by Crippen LogP contribution is -2.44. The number of rotatable bonds is 8. The van der Waals surface area contributed by atoms with Crippen molar-refractivity contribution in [3.63, 3.8) is 0 Å². The second-order valence-corrected chi connectivity index (χ2v) is 9.33. The number of carbonyl (C=O) groups excluding carboxylic acids is 1. The van der Waals surface area contributed by atoms with Gasteiger partial charge in [-0.3, -0.25) is 0 Å². The molecule has 2 aromatic carbocycles. The number of urea groups is 1. The van der Waals surface area contributed by atoms with E-state index < -0.39 is 26.1 Å². The van der Waals surface area contributed by atoms with Gasteiger partial charge in [0.05, 0.1) is 11.5 Å². The fourth-order valence-electron chi connectivity index (χ4n) is 2.20. The van der Waals surface area contributed by atoms with E-state index >= 15 is 0 Å². The molecule has 0 aromatic heterocycles. The van der Waals surface area contributed by atoms with E-state index in [2.05, 4.69) is 0 Å². The predicted molar refractivity (Wildman–Crippen MR) is 99.5 cm³/mol. The van der Waals surface area contributed by atoms with E-state index in [1.165, 1.54) is 0 Å². The number of carbonyl (C=O) groups is 1. The van der Waals surface area contributed by atoms with Crippen molar-refractivity contribution in [3.05, 3.63) is 71.8 Å². The van der Waals surface area contributed by atoms with Gasteiger partial charge in [-0.25, -0.2) is 31.1 Å². The zero-order valence-corrected chi connectivity index (χ0v) is 15.6. The van der Waals surface area contributed by atoms with Gasteiger partial charge in [0.15, 0.2) is 0 Å². The van der Waals surface area contributed by atoms with Crippen molar-refractivity contribution in [3.8, 4) is 0 Å². The van der Waals surface area contributed by atoms with Crippen LogP contribution in [0.3, 0.4) is 0 Å². The average Bonchev–Trinajstić information content (AvgIpc) is 2.59. The Morgan fingerprint density at radius 3 is 1.35 bits per heavy atom. The van der Waals surface area contributed by atoms with Gasteiger partial charge in [0, 0.05) is 0 Å². The summed E-state index contributed by atoms with van der Waals surface area (Å²) in [6.07, 6.45) is 0.425. The molecule has 2 amide bonds. The van der Waals surface area contributed by atoms with Crippen molar-refractivity contribution in [1.82, 2.24) is 9.44 Å². The molecular formula is C17H20N2O5S2. The van der Waals surface area contributed by atoms with E-state index in [1.54, 1.807) is 58.0 Å². The molecule has 0 atom stereocenters. The number of aryl methyl sites for hydroxylation is 2. The number of hydrogen-bond acceptors (Lipinski definition) is 5. The summed E-state index contributed by atoms with van der Waals surface area (Å²) >= 11 is 0. The second kappa shape index (κ2) is 8.81. The molecule has 0 aliphatic rings. The fraction of sp³-hybridized carbons (Fsp3) is 0.235. The summed E-state index contributed by atoms with van der Waals surface area (Å²) in [7, 11) is -7.89. The maximum atomic E-state index is 11.9. The first-order chi connectivity index (χ1) is 12.3. The number of hydrogen-bond donors (Lipinski definition) is 2. The van der Waals surface area contributed by atoms with Crippen LogP contribution in [-0.2, 0) is 32.9 Å². The minimum absolute atomic E-state index is 0.213. The van der Waals surface area contributed by atoms with Crippen molar-refractivity contribution in [2.45, 2.75) is 12.8 Å². The van der Waals surface area contributed by atoms with Gasteiger partial charge in [-0.1, -0.05) is 60.7 Å². The molecule has 0 saturated carbocycles. The Morgan fingerprint density at radius 1 is 0.654 bits per heavy atom. The molecule has 2 rings (SSSR count). The quantitative estimate of drug-likeness (QED) is 0.701. The highest BCUT2D eigenvalue weighted by Gasteiger charge is 2.19. The SMILES string of the molecule is O=C(NS(=O)(=O)CCc1ccccc1)NS(=O)(=O)CCc1ccccc1.